The molecule has 3 nitrogen and oxygen atoms in total. The highest BCUT2D eigenvalue weighted by molar-refractivity contribution is 5.89. The standard InChI is InChI=1S/C12H14N2O/c13-5-4-9-8-14-6-7-15-11-3-1-2-10(9)12(11)14/h1-3,8H,4-7,13H2. The lowest BCUT2D eigenvalue weighted by molar-refractivity contribution is 0.287. The van der Waals surface area contributed by atoms with Crippen LogP contribution in [0.25, 0.3) is 10.9 Å². The van der Waals surface area contributed by atoms with Gasteiger partial charge in [-0.1, -0.05) is 12.1 Å². The van der Waals surface area contributed by atoms with Crippen LogP contribution in [0.15, 0.2) is 24.4 Å². The van der Waals surface area contributed by atoms with Gasteiger partial charge in [-0.05, 0) is 24.6 Å². The summed E-state index contributed by atoms with van der Waals surface area (Å²) in [6.45, 7) is 2.41. The Morgan fingerprint density at radius 2 is 2.33 bits per heavy atom. The monoisotopic (exact) mass is 202 g/mol. The molecular formula is C12H14N2O. The topological polar surface area (TPSA) is 40.2 Å². The summed E-state index contributed by atoms with van der Waals surface area (Å²) in [5.41, 5.74) is 8.18. The number of hydrogen-bond donors (Lipinski definition) is 1. The van der Waals surface area contributed by atoms with Gasteiger partial charge in [-0.25, -0.2) is 0 Å². The van der Waals surface area contributed by atoms with Crippen molar-refractivity contribution in [1.29, 1.82) is 0 Å². The molecule has 1 aliphatic rings. The van der Waals surface area contributed by atoms with Gasteiger partial charge in [-0.3, -0.25) is 0 Å². The summed E-state index contributed by atoms with van der Waals surface area (Å²) in [5, 5.41) is 1.29. The van der Waals surface area contributed by atoms with Crippen molar-refractivity contribution >= 4 is 10.9 Å². The lowest BCUT2D eigenvalue weighted by Crippen LogP contribution is -2.12. The first-order valence-electron chi connectivity index (χ1n) is 5.34. The number of ether oxygens (including phenoxy) is 1. The zero-order valence-electron chi connectivity index (χ0n) is 8.57. The summed E-state index contributed by atoms with van der Waals surface area (Å²) in [6, 6.07) is 6.23. The van der Waals surface area contributed by atoms with Crippen LogP contribution < -0.4 is 10.5 Å². The zero-order chi connectivity index (χ0) is 10.3. The molecule has 0 unspecified atom stereocenters. The SMILES string of the molecule is NCCc1cn2c3c(cccc13)OCC2. The van der Waals surface area contributed by atoms with Crippen LogP contribution in [0.1, 0.15) is 5.56 Å². The van der Waals surface area contributed by atoms with Crippen molar-refractivity contribution in [2.45, 2.75) is 13.0 Å². The highest BCUT2D eigenvalue weighted by Crippen LogP contribution is 2.32. The molecule has 1 aromatic heterocycles. The van der Waals surface area contributed by atoms with Gasteiger partial charge in [0.1, 0.15) is 12.4 Å². The van der Waals surface area contributed by atoms with Crippen LogP contribution in [0.2, 0.25) is 0 Å². The number of hydrogen-bond acceptors (Lipinski definition) is 2. The maximum Gasteiger partial charge on any atom is 0.143 e. The molecule has 2 aromatic rings. The Morgan fingerprint density at radius 3 is 3.20 bits per heavy atom. The van der Waals surface area contributed by atoms with E-state index in [9.17, 15) is 0 Å². The van der Waals surface area contributed by atoms with Crippen molar-refractivity contribution in [3.8, 4) is 5.75 Å². The van der Waals surface area contributed by atoms with E-state index in [2.05, 4.69) is 16.8 Å². The second-order valence-electron chi connectivity index (χ2n) is 3.89. The molecule has 3 heteroatoms. The highest BCUT2D eigenvalue weighted by atomic mass is 16.5. The van der Waals surface area contributed by atoms with Crippen molar-refractivity contribution in [1.82, 2.24) is 4.57 Å². The van der Waals surface area contributed by atoms with Gasteiger partial charge in [0.2, 0.25) is 0 Å². The average Bonchev–Trinajstić information content (AvgIpc) is 2.61. The fraction of sp³-hybridized carbons (Fsp3) is 0.333. The maximum absolute atomic E-state index is 5.63. The molecule has 78 valence electrons. The molecule has 0 spiro atoms. The molecule has 15 heavy (non-hydrogen) atoms. The molecule has 2 heterocycles. The summed E-state index contributed by atoms with van der Waals surface area (Å²) in [7, 11) is 0. The Bertz CT molecular complexity index is 502. The minimum atomic E-state index is 0.699. The predicted octanol–water partition coefficient (Wildman–Crippen LogP) is 1.53. The number of rotatable bonds is 2. The minimum absolute atomic E-state index is 0.699. The van der Waals surface area contributed by atoms with E-state index in [0.717, 1.165) is 25.3 Å². The summed E-state index contributed by atoms with van der Waals surface area (Å²) < 4.78 is 7.91. The molecule has 0 aliphatic carbocycles. The van der Waals surface area contributed by atoms with E-state index in [4.69, 9.17) is 10.5 Å². The van der Waals surface area contributed by atoms with E-state index < -0.39 is 0 Å². The molecule has 0 bridgehead atoms. The van der Waals surface area contributed by atoms with E-state index in [1.165, 1.54) is 16.5 Å². The van der Waals surface area contributed by atoms with E-state index in [-0.39, 0.29) is 0 Å². The van der Waals surface area contributed by atoms with Crippen molar-refractivity contribution in [3.05, 3.63) is 30.0 Å². The Morgan fingerprint density at radius 1 is 1.40 bits per heavy atom. The first kappa shape index (κ1) is 8.80. The summed E-state index contributed by atoms with van der Waals surface area (Å²) >= 11 is 0. The third kappa shape index (κ3) is 1.23. The predicted molar refractivity (Wildman–Crippen MR) is 60.2 cm³/mol. The Balaban J connectivity index is 2.29. The van der Waals surface area contributed by atoms with Crippen LogP contribution in [-0.4, -0.2) is 17.7 Å². The number of benzene rings is 1. The highest BCUT2D eigenvalue weighted by Gasteiger charge is 2.15. The van der Waals surface area contributed by atoms with Gasteiger partial charge in [0.05, 0.1) is 12.1 Å². The second kappa shape index (κ2) is 3.28. The molecule has 0 radical (unpaired) electrons. The molecule has 0 saturated heterocycles. The Kier molecular flexibility index (Phi) is 1.92. The van der Waals surface area contributed by atoms with Crippen molar-refractivity contribution in [2.75, 3.05) is 13.2 Å². The molecule has 0 fully saturated rings. The molecule has 2 N–H and O–H groups in total. The molecule has 1 aliphatic heterocycles. The van der Waals surface area contributed by atoms with Gasteiger partial charge in [-0.2, -0.15) is 0 Å². The van der Waals surface area contributed by atoms with Crippen molar-refractivity contribution < 1.29 is 4.74 Å². The molecule has 1 aromatic carbocycles. The van der Waals surface area contributed by atoms with Gasteiger partial charge >= 0.3 is 0 Å². The Labute approximate surface area is 88.4 Å². The summed E-state index contributed by atoms with van der Waals surface area (Å²) in [4.78, 5) is 0. The van der Waals surface area contributed by atoms with E-state index in [1.807, 2.05) is 12.1 Å². The third-order valence-corrected chi connectivity index (χ3v) is 2.95. The molecule has 3 rings (SSSR count). The van der Waals surface area contributed by atoms with Gasteiger partial charge in [0, 0.05) is 11.6 Å². The van der Waals surface area contributed by atoms with E-state index in [0.29, 0.717) is 6.54 Å². The van der Waals surface area contributed by atoms with E-state index >= 15 is 0 Å². The van der Waals surface area contributed by atoms with Crippen LogP contribution >= 0.6 is 0 Å². The average molecular weight is 202 g/mol. The largest absolute Gasteiger partial charge is 0.490 e. The zero-order valence-corrected chi connectivity index (χ0v) is 8.57. The first-order valence-corrected chi connectivity index (χ1v) is 5.34. The van der Waals surface area contributed by atoms with Crippen LogP contribution in [0.4, 0.5) is 0 Å². The smallest absolute Gasteiger partial charge is 0.143 e. The quantitative estimate of drug-likeness (QED) is 0.802. The van der Waals surface area contributed by atoms with Crippen molar-refractivity contribution in [2.24, 2.45) is 5.73 Å². The third-order valence-electron chi connectivity index (χ3n) is 2.95. The van der Waals surface area contributed by atoms with Crippen LogP contribution in [0, 0.1) is 0 Å². The lowest BCUT2D eigenvalue weighted by Gasteiger charge is -2.16. The lowest BCUT2D eigenvalue weighted by atomic mass is 10.1. The molecule has 0 saturated carbocycles. The number of para-hydroxylation sites is 1. The first-order chi connectivity index (χ1) is 7.40. The summed E-state index contributed by atoms with van der Waals surface area (Å²) in [5.74, 6) is 1.00. The maximum atomic E-state index is 5.63. The number of nitrogens with zero attached hydrogens (tertiary/aromatic N) is 1. The van der Waals surface area contributed by atoms with Crippen LogP contribution in [-0.2, 0) is 13.0 Å². The molecule has 0 atom stereocenters. The van der Waals surface area contributed by atoms with E-state index in [1.54, 1.807) is 0 Å². The van der Waals surface area contributed by atoms with Gasteiger partial charge in [0.25, 0.3) is 0 Å². The Hall–Kier alpha value is -1.48. The van der Waals surface area contributed by atoms with Gasteiger partial charge in [-0.15, -0.1) is 0 Å². The number of nitrogens with two attached hydrogens (primary N) is 1. The molecule has 0 amide bonds. The normalized spacial score (nSPS) is 14.2. The fourth-order valence-corrected chi connectivity index (χ4v) is 2.30. The fourth-order valence-electron chi connectivity index (χ4n) is 2.30. The van der Waals surface area contributed by atoms with Gasteiger partial charge < -0.3 is 15.0 Å². The second-order valence-corrected chi connectivity index (χ2v) is 3.89. The van der Waals surface area contributed by atoms with Crippen LogP contribution in [0.3, 0.4) is 0 Å². The summed E-state index contributed by atoms with van der Waals surface area (Å²) in [6.07, 6.45) is 3.15. The van der Waals surface area contributed by atoms with Crippen molar-refractivity contribution in [3.63, 3.8) is 0 Å². The molecular weight excluding hydrogens is 188 g/mol. The van der Waals surface area contributed by atoms with Crippen LogP contribution in [0.5, 0.6) is 5.75 Å². The number of aromatic nitrogens is 1. The van der Waals surface area contributed by atoms with Gasteiger partial charge in [0.15, 0.2) is 0 Å². The minimum Gasteiger partial charge on any atom is -0.490 e.